The van der Waals surface area contributed by atoms with Crippen LogP contribution >= 0.6 is 0 Å². The topological polar surface area (TPSA) is 45.2 Å². The quantitative estimate of drug-likeness (QED) is 0.379. The van der Waals surface area contributed by atoms with Gasteiger partial charge in [0, 0.05) is 51.4 Å². The Balaban J connectivity index is 1.14. The zero-order valence-electron chi connectivity index (χ0n) is 26.5. The average molecular weight is 574 g/mol. The first-order valence-corrected chi connectivity index (χ1v) is 16.4. The van der Waals surface area contributed by atoms with E-state index in [0.717, 1.165) is 77.3 Å². The number of piperidine rings is 1. The number of hydrogen-bond acceptors (Lipinski definition) is 5. The van der Waals surface area contributed by atoms with E-state index >= 15 is 0 Å². The lowest BCUT2D eigenvalue weighted by Gasteiger charge is -2.58. The van der Waals surface area contributed by atoms with Crippen LogP contribution in [0.5, 0.6) is 5.75 Å². The van der Waals surface area contributed by atoms with Crippen molar-refractivity contribution in [3.8, 4) is 5.75 Å². The molecule has 0 bridgehead atoms. The molecule has 1 saturated carbocycles. The maximum atomic E-state index is 12.6. The average Bonchev–Trinajstić information content (AvgIpc) is 2.95. The standard InChI is InChI=1S/C36H51N3O3/c1-26(2)30-10-6-7-11-31(30)32-25-37(24-27-12-13-33-28(21-27)9-8-20-41-33)18-19-39(32)29-22-36(23-29)14-16-38(17-15-36)34(40)42-35(3,4)5/h6-7,10-13,21,26,29,32H,8-9,14-20,22-25H2,1-5H3. The number of carbonyl (C=O) groups is 1. The number of nitrogens with zero attached hydrogens (tertiary/aromatic N) is 3. The number of amides is 1. The first-order valence-electron chi connectivity index (χ1n) is 16.4. The second-order valence-electron chi connectivity index (χ2n) is 14.7. The highest BCUT2D eigenvalue weighted by Gasteiger charge is 2.50. The van der Waals surface area contributed by atoms with Gasteiger partial charge in [0.05, 0.1) is 6.61 Å². The van der Waals surface area contributed by atoms with Gasteiger partial charge in [0.25, 0.3) is 0 Å². The van der Waals surface area contributed by atoms with E-state index < -0.39 is 5.60 Å². The molecular weight excluding hydrogens is 522 g/mol. The minimum absolute atomic E-state index is 0.152. The molecule has 0 aromatic heterocycles. The maximum Gasteiger partial charge on any atom is 0.410 e. The number of fused-ring (bicyclic) bond motifs is 1. The van der Waals surface area contributed by atoms with Crippen molar-refractivity contribution in [3.63, 3.8) is 0 Å². The van der Waals surface area contributed by atoms with E-state index in [1.807, 2.05) is 25.7 Å². The number of rotatable bonds is 5. The minimum atomic E-state index is -0.439. The summed E-state index contributed by atoms with van der Waals surface area (Å²) >= 11 is 0. The molecule has 0 N–H and O–H groups in total. The van der Waals surface area contributed by atoms with E-state index in [0.29, 0.717) is 23.4 Å². The first kappa shape index (κ1) is 29.5. The van der Waals surface area contributed by atoms with Gasteiger partial charge >= 0.3 is 6.09 Å². The molecule has 6 heteroatoms. The fraction of sp³-hybridized carbons (Fsp3) is 0.639. The number of hydrogen-bond donors (Lipinski definition) is 0. The molecule has 3 aliphatic heterocycles. The van der Waals surface area contributed by atoms with Crippen LogP contribution in [0.1, 0.15) is 101 Å². The van der Waals surface area contributed by atoms with Crippen molar-refractivity contribution in [1.29, 1.82) is 0 Å². The van der Waals surface area contributed by atoms with E-state index in [-0.39, 0.29) is 6.09 Å². The molecule has 3 fully saturated rings. The molecule has 42 heavy (non-hydrogen) atoms. The molecule has 1 aliphatic carbocycles. The Morgan fingerprint density at radius 2 is 1.81 bits per heavy atom. The molecule has 1 unspecified atom stereocenters. The molecule has 1 atom stereocenters. The van der Waals surface area contributed by atoms with Crippen LogP contribution in [-0.4, -0.2) is 71.8 Å². The Morgan fingerprint density at radius 3 is 2.55 bits per heavy atom. The Morgan fingerprint density at radius 1 is 1.05 bits per heavy atom. The highest BCUT2D eigenvalue weighted by Crippen LogP contribution is 2.53. The molecule has 1 spiro atoms. The number of piperazine rings is 1. The number of benzene rings is 2. The van der Waals surface area contributed by atoms with E-state index in [4.69, 9.17) is 9.47 Å². The summed E-state index contributed by atoms with van der Waals surface area (Å²) in [5.74, 6) is 1.58. The van der Waals surface area contributed by atoms with E-state index in [9.17, 15) is 4.79 Å². The molecule has 3 heterocycles. The zero-order chi connectivity index (χ0) is 29.5. The van der Waals surface area contributed by atoms with Crippen molar-refractivity contribution in [2.75, 3.05) is 39.3 Å². The summed E-state index contributed by atoms with van der Waals surface area (Å²) in [6, 6.07) is 17.0. The van der Waals surface area contributed by atoms with Crippen LogP contribution in [0.25, 0.3) is 0 Å². The van der Waals surface area contributed by atoms with Gasteiger partial charge in [-0.3, -0.25) is 9.80 Å². The second kappa shape index (κ2) is 11.8. The summed E-state index contributed by atoms with van der Waals surface area (Å²) in [7, 11) is 0. The Hall–Kier alpha value is -2.57. The van der Waals surface area contributed by atoms with Crippen molar-refractivity contribution in [2.24, 2.45) is 5.41 Å². The summed E-state index contributed by atoms with van der Waals surface area (Å²) in [6.07, 6.45) is 6.78. The fourth-order valence-corrected chi connectivity index (χ4v) is 7.89. The summed E-state index contributed by atoms with van der Waals surface area (Å²) in [5.41, 5.74) is 5.72. The van der Waals surface area contributed by atoms with Gasteiger partial charge < -0.3 is 14.4 Å². The lowest BCUT2D eigenvalue weighted by Crippen LogP contribution is -2.60. The first-order chi connectivity index (χ1) is 20.1. The van der Waals surface area contributed by atoms with Gasteiger partial charge in [-0.25, -0.2) is 4.79 Å². The normalized spacial score (nSPS) is 23.4. The molecule has 228 valence electrons. The largest absolute Gasteiger partial charge is 0.493 e. The zero-order valence-corrected chi connectivity index (χ0v) is 26.5. The second-order valence-corrected chi connectivity index (χ2v) is 14.7. The van der Waals surface area contributed by atoms with Gasteiger partial charge in [0.15, 0.2) is 0 Å². The van der Waals surface area contributed by atoms with Gasteiger partial charge in [-0.2, -0.15) is 0 Å². The van der Waals surface area contributed by atoms with Gasteiger partial charge in [-0.05, 0) is 98.9 Å². The molecule has 4 aliphatic rings. The lowest BCUT2D eigenvalue weighted by molar-refractivity contribution is -0.0782. The predicted octanol–water partition coefficient (Wildman–Crippen LogP) is 7.17. The molecule has 2 saturated heterocycles. The highest BCUT2D eigenvalue weighted by molar-refractivity contribution is 5.68. The van der Waals surface area contributed by atoms with Crippen LogP contribution in [0.4, 0.5) is 4.79 Å². The number of likely N-dealkylation sites (tertiary alicyclic amines) is 1. The van der Waals surface area contributed by atoms with Gasteiger partial charge in [0.2, 0.25) is 0 Å². The van der Waals surface area contributed by atoms with Gasteiger partial charge in [-0.15, -0.1) is 0 Å². The third kappa shape index (κ3) is 6.35. The minimum Gasteiger partial charge on any atom is -0.493 e. The van der Waals surface area contributed by atoms with Crippen LogP contribution in [0.15, 0.2) is 42.5 Å². The van der Waals surface area contributed by atoms with Crippen molar-refractivity contribution in [3.05, 3.63) is 64.7 Å². The maximum absolute atomic E-state index is 12.6. The molecular formula is C36H51N3O3. The van der Waals surface area contributed by atoms with Crippen LogP contribution < -0.4 is 4.74 Å². The van der Waals surface area contributed by atoms with Crippen LogP contribution in [-0.2, 0) is 17.7 Å². The Labute approximate surface area is 253 Å². The Kier molecular flexibility index (Phi) is 8.32. The molecule has 1 amide bonds. The van der Waals surface area contributed by atoms with Gasteiger partial charge in [-0.1, -0.05) is 50.2 Å². The fourth-order valence-electron chi connectivity index (χ4n) is 7.89. The predicted molar refractivity (Wildman–Crippen MR) is 168 cm³/mol. The molecule has 2 aromatic rings. The van der Waals surface area contributed by atoms with Crippen LogP contribution in [0.2, 0.25) is 0 Å². The van der Waals surface area contributed by atoms with Crippen molar-refractivity contribution < 1.29 is 14.3 Å². The summed E-state index contributed by atoms with van der Waals surface area (Å²) < 4.78 is 11.5. The highest BCUT2D eigenvalue weighted by atomic mass is 16.6. The Bertz CT molecular complexity index is 1250. The van der Waals surface area contributed by atoms with Crippen molar-refractivity contribution in [2.45, 2.75) is 103 Å². The summed E-state index contributed by atoms with van der Waals surface area (Å²) in [6.45, 7) is 17.2. The SMILES string of the molecule is CC(C)c1ccccc1C1CN(Cc2ccc3c(c2)CCCO3)CCN1C1CC2(CCN(C(=O)OC(C)(C)C)CC2)C1. The number of aryl methyl sites for hydroxylation is 1. The smallest absolute Gasteiger partial charge is 0.410 e. The van der Waals surface area contributed by atoms with E-state index in [1.54, 1.807) is 0 Å². The molecule has 6 nitrogen and oxygen atoms in total. The van der Waals surface area contributed by atoms with E-state index in [1.165, 1.54) is 35.1 Å². The van der Waals surface area contributed by atoms with E-state index in [2.05, 4.69) is 66.1 Å². The van der Waals surface area contributed by atoms with Gasteiger partial charge in [0.1, 0.15) is 11.4 Å². The number of ether oxygens (including phenoxy) is 2. The molecule has 2 aromatic carbocycles. The van der Waals surface area contributed by atoms with Crippen LogP contribution in [0.3, 0.4) is 0 Å². The van der Waals surface area contributed by atoms with Crippen molar-refractivity contribution in [1.82, 2.24) is 14.7 Å². The third-order valence-electron chi connectivity index (χ3n) is 10.1. The third-order valence-corrected chi connectivity index (χ3v) is 10.1. The summed E-state index contributed by atoms with van der Waals surface area (Å²) in [5, 5.41) is 0. The monoisotopic (exact) mass is 573 g/mol. The molecule has 6 rings (SSSR count). The van der Waals surface area contributed by atoms with Crippen molar-refractivity contribution >= 4 is 6.09 Å². The lowest BCUT2D eigenvalue weighted by atomic mass is 9.59. The number of carbonyl (C=O) groups excluding carboxylic acids is 1. The summed E-state index contributed by atoms with van der Waals surface area (Å²) in [4.78, 5) is 20.1. The molecule has 0 radical (unpaired) electrons. The van der Waals surface area contributed by atoms with Crippen LogP contribution in [0, 0.1) is 5.41 Å².